The van der Waals surface area contributed by atoms with E-state index in [-0.39, 0.29) is 5.37 Å². The predicted octanol–water partition coefficient (Wildman–Crippen LogP) is 3.35. The first-order valence-corrected chi connectivity index (χ1v) is 9.30. The van der Waals surface area contributed by atoms with Crippen LogP contribution in [0.25, 0.3) is 11.4 Å². The molecule has 0 fully saturated rings. The van der Waals surface area contributed by atoms with Crippen LogP contribution in [0.4, 0.5) is 5.69 Å². The number of rotatable bonds is 6. The largest absolute Gasteiger partial charge is 0.383 e. The number of aromatic amines is 1. The van der Waals surface area contributed by atoms with Crippen LogP contribution >= 0.6 is 11.8 Å². The Bertz CT molecular complexity index is 904. The van der Waals surface area contributed by atoms with Crippen molar-refractivity contribution in [2.24, 2.45) is 0 Å². The Morgan fingerprint density at radius 3 is 3.00 bits per heavy atom. The number of methoxy groups -OCH3 is 1. The maximum atomic E-state index is 5.20. The lowest BCUT2D eigenvalue weighted by Crippen LogP contribution is -2.17. The fraction of sp³-hybridized carbons (Fsp3) is 0.278. The number of H-pyrrole nitrogens is 1. The number of aromatic nitrogens is 5. The molecule has 1 aliphatic rings. The molecule has 1 unspecified atom stereocenters. The Labute approximate surface area is 156 Å². The molecule has 0 aliphatic carbocycles. The van der Waals surface area contributed by atoms with Gasteiger partial charge in [0.15, 0.2) is 0 Å². The van der Waals surface area contributed by atoms with Crippen LogP contribution in [0.5, 0.6) is 0 Å². The van der Waals surface area contributed by atoms with Crippen LogP contribution in [0, 0.1) is 6.92 Å². The van der Waals surface area contributed by atoms with Crippen LogP contribution in [0.15, 0.2) is 48.4 Å². The van der Waals surface area contributed by atoms with Gasteiger partial charge in [0.25, 0.3) is 0 Å². The predicted molar refractivity (Wildman–Crippen MR) is 103 cm³/mol. The maximum absolute atomic E-state index is 5.20. The van der Waals surface area contributed by atoms with E-state index in [1.807, 2.05) is 36.0 Å². The quantitative estimate of drug-likeness (QED) is 0.719. The summed E-state index contributed by atoms with van der Waals surface area (Å²) in [5.41, 5.74) is 4.97. The lowest BCUT2D eigenvalue weighted by Gasteiger charge is -2.24. The molecule has 134 valence electrons. The van der Waals surface area contributed by atoms with E-state index in [9.17, 15) is 0 Å². The van der Waals surface area contributed by atoms with Crippen molar-refractivity contribution in [1.29, 1.82) is 0 Å². The van der Waals surface area contributed by atoms with Gasteiger partial charge in [0, 0.05) is 37.0 Å². The van der Waals surface area contributed by atoms with E-state index in [1.54, 1.807) is 25.1 Å². The van der Waals surface area contributed by atoms with E-state index in [0.717, 1.165) is 28.3 Å². The van der Waals surface area contributed by atoms with Gasteiger partial charge in [-0.15, -0.1) is 11.8 Å². The van der Waals surface area contributed by atoms with Gasteiger partial charge >= 0.3 is 0 Å². The molecule has 26 heavy (non-hydrogen) atoms. The molecule has 0 saturated carbocycles. The molecule has 0 saturated heterocycles. The van der Waals surface area contributed by atoms with Gasteiger partial charge < -0.3 is 9.64 Å². The van der Waals surface area contributed by atoms with Gasteiger partial charge in [0.2, 0.25) is 0 Å². The molecule has 7 nitrogen and oxygen atoms in total. The third-order valence-corrected chi connectivity index (χ3v) is 5.29. The molecule has 0 radical (unpaired) electrons. The molecule has 3 aromatic heterocycles. The topological polar surface area (TPSA) is 71.9 Å². The number of nitrogens with one attached hydrogen (secondary N) is 1. The number of anilines is 1. The van der Waals surface area contributed by atoms with E-state index < -0.39 is 0 Å². The van der Waals surface area contributed by atoms with Crippen molar-refractivity contribution >= 4 is 17.4 Å². The summed E-state index contributed by atoms with van der Waals surface area (Å²) in [4.78, 5) is 6.72. The summed E-state index contributed by atoms with van der Waals surface area (Å²) in [7, 11) is 1.70. The summed E-state index contributed by atoms with van der Waals surface area (Å²) < 4.78 is 7.12. The third kappa shape index (κ3) is 3.13. The number of aryl methyl sites for hydroxylation is 1. The zero-order chi connectivity index (χ0) is 17.9. The Balaban J connectivity index is 1.75. The first-order chi connectivity index (χ1) is 12.8. The lowest BCUT2D eigenvalue weighted by molar-refractivity contribution is 0.183. The fourth-order valence-electron chi connectivity index (χ4n) is 2.94. The number of hydrogen-bond acceptors (Lipinski definition) is 6. The first-order valence-electron chi connectivity index (χ1n) is 8.36. The summed E-state index contributed by atoms with van der Waals surface area (Å²) >= 11 is 1.75. The first kappa shape index (κ1) is 16.9. The highest BCUT2D eigenvalue weighted by Gasteiger charge is 2.29. The third-order valence-electron chi connectivity index (χ3n) is 4.27. The van der Waals surface area contributed by atoms with Crippen molar-refractivity contribution in [3.8, 4) is 11.4 Å². The van der Waals surface area contributed by atoms with Crippen LogP contribution in [0.2, 0.25) is 0 Å². The average Bonchev–Trinajstić information content (AvgIpc) is 3.39. The molecule has 0 spiro atoms. The van der Waals surface area contributed by atoms with Gasteiger partial charge in [0.05, 0.1) is 30.7 Å². The molecule has 4 heterocycles. The van der Waals surface area contributed by atoms with Gasteiger partial charge in [-0.3, -0.25) is 14.8 Å². The molecular weight excluding hydrogens is 348 g/mol. The van der Waals surface area contributed by atoms with Crippen molar-refractivity contribution in [3.63, 3.8) is 0 Å². The molecular formula is C18H20N6OS. The monoisotopic (exact) mass is 368 g/mol. The number of nitrogens with zero attached hydrogens (tertiary/aromatic N) is 5. The van der Waals surface area contributed by atoms with Gasteiger partial charge in [-0.05, 0) is 24.5 Å². The van der Waals surface area contributed by atoms with E-state index in [0.29, 0.717) is 13.2 Å². The zero-order valence-electron chi connectivity index (χ0n) is 14.7. The number of thioether (sulfide) groups is 1. The van der Waals surface area contributed by atoms with Gasteiger partial charge in [-0.2, -0.15) is 10.2 Å². The normalized spacial score (nSPS) is 16.5. The van der Waals surface area contributed by atoms with Crippen molar-refractivity contribution < 1.29 is 4.74 Å². The van der Waals surface area contributed by atoms with Crippen LogP contribution in [0.3, 0.4) is 0 Å². The number of hydrogen-bond donors (Lipinski definition) is 1. The minimum atomic E-state index is 0.122. The van der Waals surface area contributed by atoms with Crippen molar-refractivity contribution in [2.45, 2.75) is 18.8 Å². The van der Waals surface area contributed by atoms with E-state index in [1.165, 1.54) is 0 Å². The lowest BCUT2D eigenvalue weighted by atomic mass is 10.2. The molecule has 0 aromatic carbocycles. The second kappa shape index (κ2) is 7.35. The standard InChI is InChI=1S/C18H20N6OS/c1-13-14(11-20-21-13)18-24(8-10-26-18)16-12-23(7-9-25-2)22-17(16)15-5-3-4-6-19-15/h3-6,8,10-12,18H,7,9H2,1-2H3,(H,20,21). The number of pyridine rings is 1. The minimum absolute atomic E-state index is 0.122. The second-order valence-electron chi connectivity index (χ2n) is 5.97. The summed E-state index contributed by atoms with van der Waals surface area (Å²) in [6.07, 6.45) is 7.83. The highest BCUT2D eigenvalue weighted by atomic mass is 32.2. The summed E-state index contributed by atoms with van der Waals surface area (Å²) in [5, 5.41) is 14.2. The van der Waals surface area contributed by atoms with Crippen LogP contribution in [-0.4, -0.2) is 38.7 Å². The second-order valence-corrected chi connectivity index (χ2v) is 6.96. The highest BCUT2D eigenvalue weighted by Crippen LogP contribution is 2.44. The Kier molecular flexibility index (Phi) is 4.77. The zero-order valence-corrected chi connectivity index (χ0v) is 15.5. The number of ether oxygens (including phenoxy) is 1. The van der Waals surface area contributed by atoms with Gasteiger partial charge in [-0.25, -0.2) is 0 Å². The molecule has 3 aromatic rings. The van der Waals surface area contributed by atoms with Gasteiger partial charge in [0.1, 0.15) is 11.1 Å². The molecule has 0 amide bonds. The SMILES string of the molecule is COCCn1cc(N2C=CSC2c2cn[nH]c2C)c(-c2ccccn2)n1. The summed E-state index contributed by atoms with van der Waals surface area (Å²) in [5.74, 6) is 0. The van der Waals surface area contributed by atoms with Crippen LogP contribution in [-0.2, 0) is 11.3 Å². The molecule has 1 atom stereocenters. The molecule has 1 aliphatic heterocycles. The minimum Gasteiger partial charge on any atom is -0.383 e. The van der Waals surface area contributed by atoms with E-state index in [2.05, 4.69) is 37.9 Å². The molecule has 4 rings (SSSR count). The average molecular weight is 368 g/mol. The summed E-state index contributed by atoms with van der Waals surface area (Å²) in [6.45, 7) is 3.34. The molecule has 1 N–H and O–H groups in total. The molecule has 0 bridgehead atoms. The molecule has 8 heteroatoms. The summed E-state index contributed by atoms with van der Waals surface area (Å²) in [6, 6.07) is 5.87. The Morgan fingerprint density at radius 2 is 2.27 bits per heavy atom. The van der Waals surface area contributed by atoms with E-state index in [4.69, 9.17) is 9.84 Å². The smallest absolute Gasteiger partial charge is 0.134 e. The highest BCUT2D eigenvalue weighted by molar-refractivity contribution is 8.02. The Hall–Kier alpha value is -2.58. The fourth-order valence-corrected chi connectivity index (χ4v) is 3.99. The van der Waals surface area contributed by atoms with E-state index >= 15 is 0 Å². The maximum Gasteiger partial charge on any atom is 0.134 e. The van der Waals surface area contributed by atoms with Crippen molar-refractivity contribution in [3.05, 3.63) is 59.7 Å². The van der Waals surface area contributed by atoms with Crippen molar-refractivity contribution in [2.75, 3.05) is 18.6 Å². The van der Waals surface area contributed by atoms with Crippen LogP contribution in [0.1, 0.15) is 16.6 Å². The van der Waals surface area contributed by atoms with Crippen molar-refractivity contribution in [1.82, 2.24) is 25.0 Å². The Morgan fingerprint density at radius 1 is 1.35 bits per heavy atom. The van der Waals surface area contributed by atoms with Gasteiger partial charge in [-0.1, -0.05) is 6.07 Å². The van der Waals surface area contributed by atoms with Crippen LogP contribution < -0.4 is 4.90 Å².